The maximum atomic E-state index is 12.6. The zero-order chi connectivity index (χ0) is 18.8. The molecule has 1 aliphatic rings. The summed E-state index contributed by atoms with van der Waals surface area (Å²) in [6.45, 7) is 0. The van der Waals surface area contributed by atoms with Crippen molar-refractivity contribution in [2.75, 3.05) is 14.2 Å². The second-order valence-corrected chi connectivity index (χ2v) is 7.07. The highest BCUT2D eigenvalue weighted by atomic mass is 32.2. The Labute approximate surface area is 159 Å². The summed E-state index contributed by atoms with van der Waals surface area (Å²) in [5, 5.41) is 3.71. The number of ether oxygens (including phenoxy) is 2. The molecule has 138 valence electrons. The summed E-state index contributed by atoms with van der Waals surface area (Å²) < 4.78 is 16.3. The quantitative estimate of drug-likeness (QED) is 0.719. The minimum absolute atomic E-state index is 0.0189. The fourth-order valence-corrected chi connectivity index (χ4v) is 3.84. The van der Waals surface area contributed by atoms with Crippen molar-refractivity contribution in [1.82, 2.24) is 15.3 Å². The van der Waals surface area contributed by atoms with Crippen LogP contribution in [0.2, 0.25) is 0 Å². The zero-order valence-corrected chi connectivity index (χ0v) is 15.6. The van der Waals surface area contributed by atoms with E-state index in [4.69, 9.17) is 13.9 Å². The summed E-state index contributed by atoms with van der Waals surface area (Å²) in [5.74, 6) is 1.48. The number of pyridine rings is 1. The van der Waals surface area contributed by atoms with Crippen LogP contribution >= 0.6 is 11.8 Å². The average Bonchev–Trinajstić information content (AvgIpc) is 3.33. The van der Waals surface area contributed by atoms with Crippen molar-refractivity contribution in [3.63, 3.8) is 0 Å². The first-order valence-corrected chi connectivity index (χ1v) is 9.16. The molecular formula is C19H17N3O4S. The van der Waals surface area contributed by atoms with Crippen molar-refractivity contribution >= 4 is 28.8 Å². The first-order valence-electron chi connectivity index (χ1n) is 8.28. The molecule has 1 N–H and O–H groups in total. The van der Waals surface area contributed by atoms with E-state index in [1.807, 2.05) is 6.08 Å². The van der Waals surface area contributed by atoms with Crippen molar-refractivity contribution in [3.05, 3.63) is 59.2 Å². The fourth-order valence-electron chi connectivity index (χ4n) is 2.80. The van der Waals surface area contributed by atoms with Crippen LogP contribution in [-0.4, -0.2) is 30.1 Å². The molecule has 3 aromatic rings. The molecular weight excluding hydrogens is 366 g/mol. The maximum Gasteiger partial charge on any atom is 0.259 e. The minimum Gasteiger partial charge on any atom is -0.497 e. The highest BCUT2D eigenvalue weighted by Crippen LogP contribution is 2.43. The van der Waals surface area contributed by atoms with Gasteiger partial charge in [-0.25, -0.2) is 4.98 Å². The van der Waals surface area contributed by atoms with E-state index in [0.29, 0.717) is 28.5 Å². The van der Waals surface area contributed by atoms with Gasteiger partial charge in [0.2, 0.25) is 5.89 Å². The van der Waals surface area contributed by atoms with Gasteiger partial charge in [0, 0.05) is 18.3 Å². The van der Waals surface area contributed by atoms with Crippen LogP contribution in [0.4, 0.5) is 0 Å². The molecule has 1 atom stereocenters. The van der Waals surface area contributed by atoms with Crippen molar-refractivity contribution in [2.24, 2.45) is 0 Å². The number of hydrogen-bond donors (Lipinski definition) is 1. The van der Waals surface area contributed by atoms with Gasteiger partial charge in [-0.05, 0) is 18.6 Å². The molecule has 0 fully saturated rings. The Morgan fingerprint density at radius 3 is 2.96 bits per heavy atom. The first-order chi connectivity index (χ1) is 13.2. The number of nitrogens with zero attached hydrogens (tertiary/aromatic N) is 2. The van der Waals surface area contributed by atoms with Gasteiger partial charge in [-0.2, -0.15) is 0 Å². The van der Waals surface area contributed by atoms with E-state index in [-0.39, 0.29) is 11.2 Å². The molecule has 4 rings (SSSR count). The highest BCUT2D eigenvalue weighted by molar-refractivity contribution is 8.03. The van der Waals surface area contributed by atoms with Crippen LogP contribution in [0.1, 0.15) is 27.9 Å². The van der Waals surface area contributed by atoms with Gasteiger partial charge in [0.25, 0.3) is 5.91 Å². The Balaban J connectivity index is 1.46. The number of oxazole rings is 1. The molecule has 0 saturated heterocycles. The van der Waals surface area contributed by atoms with Crippen LogP contribution in [0, 0.1) is 0 Å². The van der Waals surface area contributed by atoms with Gasteiger partial charge in [0.05, 0.1) is 36.3 Å². The number of carbonyl (C=O) groups is 1. The smallest absolute Gasteiger partial charge is 0.259 e. The summed E-state index contributed by atoms with van der Waals surface area (Å²) in [5.41, 5.74) is 1.88. The summed E-state index contributed by atoms with van der Waals surface area (Å²) in [6, 6.07) is 6.87. The van der Waals surface area contributed by atoms with Crippen LogP contribution < -0.4 is 14.8 Å². The number of allylic oxidation sites excluding steroid dienone is 1. The normalized spacial score (nSPS) is 16.2. The Kier molecular flexibility index (Phi) is 4.72. The van der Waals surface area contributed by atoms with Crippen LogP contribution in [0.15, 0.2) is 52.2 Å². The third-order valence-corrected chi connectivity index (χ3v) is 5.36. The third-order valence-electron chi connectivity index (χ3n) is 4.16. The van der Waals surface area contributed by atoms with Crippen LogP contribution in [0.5, 0.6) is 11.5 Å². The van der Waals surface area contributed by atoms with Crippen molar-refractivity contribution in [2.45, 2.75) is 11.7 Å². The first kappa shape index (κ1) is 17.4. The van der Waals surface area contributed by atoms with Crippen LogP contribution in [-0.2, 0) is 0 Å². The molecule has 0 spiro atoms. The van der Waals surface area contributed by atoms with Crippen LogP contribution in [0.3, 0.4) is 0 Å². The second kappa shape index (κ2) is 7.32. The standard InChI is InChI=1S/C19H17N3O4S/c1-24-11-3-4-12(15(9-11)25-2)18(23)22-17-6-5-16(27-17)19-21-13-10-20-8-7-14(13)26-19/h3-4,6-10,16H,5H2,1-2H3,(H,22,23). The number of hydrogen-bond acceptors (Lipinski definition) is 7. The number of carbonyl (C=O) groups excluding carboxylic acids is 1. The Morgan fingerprint density at radius 2 is 2.19 bits per heavy atom. The summed E-state index contributed by atoms with van der Waals surface area (Å²) in [4.78, 5) is 21.2. The monoisotopic (exact) mass is 383 g/mol. The van der Waals surface area contributed by atoms with Gasteiger partial charge >= 0.3 is 0 Å². The van der Waals surface area contributed by atoms with E-state index < -0.39 is 0 Å². The van der Waals surface area contributed by atoms with E-state index in [9.17, 15) is 4.79 Å². The number of thioether (sulfide) groups is 1. The third kappa shape index (κ3) is 3.48. The molecule has 0 saturated carbocycles. The summed E-state index contributed by atoms with van der Waals surface area (Å²) in [7, 11) is 3.09. The molecule has 2 aromatic heterocycles. The van der Waals surface area contributed by atoms with E-state index in [1.54, 1.807) is 43.8 Å². The van der Waals surface area contributed by atoms with E-state index in [0.717, 1.165) is 17.0 Å². The molecule has 8 heteroatoms. The average molecular weight is 383 g/mol. The van der Waals surface area contributed by atoms with Crippen LogP contribution in [0.25, 0.3) is 11.1 Å². The van der Waals surface area contributed by atoms with Gasteiger partial charge < -0.3 is 19.2 Å². The lowest BCUT2D eigenvalue weighted by molar-refractivity contribution is 0.0966. The molecule has 27 heavy (non-hydrogen) atoms. The lowest BCUT2D eigenvalue weighted by Crippen LogP contribution is -2.21. The van der Waals surface area contributed by atoms with E-state index in [2.05, 4.69) is 15.3 Å². The zero-order valence-electron chi connectivity index (χ0n) is 14.8. The molecule has 1 aromatic carbocycles. The SMILES string of the molecule is COc1ccc(C(=O)NC2=CCC(c3nc4cnccc4o3)S2)c(OC)c1. The molecule has 0 radical (unpaired) electrons. The molecule has 0 bridgehead atoms. The number of benzene rings is 1. The second-order valence-electron chi connectivity index (χ2n) is 5.83. The number of fused-ring (bicyclic) bond motifs is 1. The van der Waals surface area contributed by atoms with Gasteiger partial charge in [-0.15, -0.1) is 0 Å². The molecule has 1 aliphatic heterocycles. The topological polar surface area (TPSA) is 86.5 Å². The number of aromatic nitrogens is 2. The Bertz CT molecular complexity index is 998. The number of nitrogens with one attached hydrogen (secondary N) is 1. The Hall–Kier alpha value is -3.00. The molecule has 1 unspecified atom stereocenters. The molecule has 7 nitrogen and oxygen atoms in total. The van der Waals surface area contributed by atoms with Gasteiger partial charge in [0.1, 0.15) is 17.0 Å². The molecule has 3 heterocycles. The number of methoxy groups -OCH3 is 2. The predicted octanol–water partition coefficient (Wildman–Crippen LogP) is 3.69. The predicted molar refractivity (Wildman–Crippen MR) is 102 cm³/mol. The fraction of sp³-hybridized carbons (Fsp3) is 0.211. The number of rotatable bonds is 5. The highest BCUT2D eigenvalue weighted by Gasteiger charge is 2.26. The maximum absolute atomic E-state index is 12.6. The van der Waals surface area contributed by atoms with Crippen molar-refractivity contribution in [3.8, 4) is 11.5 Å². The lowest BCUT2D eigenvalue weighted by Gasteiger charge is -2.11. The summed E-state index contributed by atoms with van der Waals surface area (Å²) >= 11 is 1.51. The van der Waals surface area contributed by atoms with Gasteiger partial charge in [0.15, 0.2) is 5.58 Å². The lowest BCUT2D eigenvalue weighted by atomic mass is 10.2. The van der Waals surface area contributed by atoms with E-state index >= 15 is 0 Å². The molecule has 1 amide bonds. The molecule has 0 aliphatic carbocycles. The Morgan fingerprint density at radius 1 is 1.30 bits per heavy atom. The minimum atomic E-state index is -0.240. The largest absolute Gasteiger partial charge is 0.497 e. The number of amides is 1. The van der Waals surface area contributed by atoms with Gasteiger partial charge in [-0.1, -0.05) is 17.8 Å². The van der Waals surface area contributed by atoms with E-state index in [1.165, 1.54) is 18.9 Å². The van der Waals surface area contributed by atoms with Gasteiger partial charge in [-0.3, -0.25) is 9.78 Å². The van der Waals surface area contributed by atoms with Crippen molar-refractivity contribution < 1.29 is 18.7 Å². The van der Waals surface area contributed by atoms with Crippen molar-refractivity contribution in [1.29, 1.82) is 0 Å². The summed E-state index contributed by atoms with van der Waals surface area (Å²) in [6.07, 6.45) is 6.04.